The largest absolute Gasteiger partial charge is 0.488 e. The molecule has 1 aromatic carbocycles. The summed E-state index contributed by atoms with van der Waals surface area (Å²) < 4.78 is 7.86. The van der Waals surface area contributed by atoms with Gasteiger partial charge in [-0.1, -0.05) is 50.1 Å². The van der Waals surface area contributed by atoms with Gasteiger partial charge in [0, 0.05) is 24.7 Å². The summed E-state index contributed by atoms with van der Waals surface area (Å²) in [6.07, 6.45) is 3.30. The van der Waals surface area contributed by atoms with Gasteiger partial charge in [-0.15, -0.1) is 0 Å². The fourth-order valence-electron chi connectivity index (χ4n) is 5.05. The van der Waals surface area contributed by atoms with Gasteiger partial charge in [0.05, 0.1) is 11.5 Å². The molecule has 190 valence electrons. The zero-order valence-corrected chi connectivity index (χ0v) is 21.4. The predicted molar refractivity (Wildman–Crippen MR) is 138 cm³/mol. The molecule has 0 aliphatic heterocycles. The summed E-state index contributed by atoms with van der Waals surface area (Å²) in [5.41, 5.74) is 7.75. The van der Waals surface area contributed by atoms with E-state index in [1.807, 2.05) is 45.0 Å². The Morgan fingerprint density at radius 2 is 1.83 bits per heavy atom. The number of ketones is 1. The van der Waals surface area contributed by atoms with Crippen molar-refractivity contribution in [2.24, 2.45) is 12.8 Å². The number of carbonyl (C=O) groups is 3. The highest BCUT2D eigenvalue weighted by Gasteiger charge is 2.42. The zero-order valence-electron chi connectivity index (χ0n) is 21.4. The smallest absolute Gasteiger partial charge is 0.272 e. The van der Waals surface area contributed by atoms with Crippen molar-refractivity contribution in [3.63, 3.8) is 0 Å². The van der Waals surface area contributed by atoms with E-state index in [-0.39, 0.29) is 24.0 Å². The molecule has 0 bridgehead atoms. The maximum atomic E-state index is 13.6. The first kappa shape index (κ1) is 25.4. The fraction of sp³-hybridized carbons (Fsp3) is 0.429. The second kappa shape index (κ2) is 10.1. The van der Waals surface area contributed by atoms with Crippen LogP contribution >= 0.6 is 0 Å². The van der Waals surface area contributed by atoms with Crippen LogP contribution in [0.2, 0.25) is 0 Å². The number of hydrogen-bond acceptors (Lipinski definition) is 5. The van der Waals surface area contributed by atoms with Crippen LogP contribution in [0, 0.1) is 0 Å². The van der Waals surface area contributed by atoms with Gasteiger partial charge in [-0.05, 0) is 44.7 Å². The van der Waals surface area contributed by atoms with Crippen LogP contribution in [0.4, 0.5) is 0 Å². The highest BCUT2D eigenvalue weighted by atomic mass is 16.5. The molecule has 0 saturated heterocycles. The average molecular weight is 491 g/mol. The van der Waals surface area contributed by atoms with Crippen molar-refractivity contribution >= 4 is 28.6 Å². The van der Waals surface area contributed by atoms with E-state index >= 15 is 0 Å². The summed E-state index contributed by atoms with van der Waals surface area (Å²) in [6.45, 7) is 5.76. The lowest BCUT2D eigenvalue weighted by molar-refractivity contribution is -0.123. The lowest BCUT2D eigenvalue weighted by Crippen LogP contribution is -2.55. The molecule has 2 heterocycles. The van der Waals surface area contributed by atoms with Gasteiger partial charge in [-0.3, -0.25) is 14.4 Å². The van der Waals surface area contributed by atoms with Crippen LogP contribution < -0.4 is 15.8 Å². The quantitative estimate of drug-likeness (QED) is 0.442. The molecule has 1 aliphatic rings. The molecular formula is C28H34N4O4. The minimum Gasteiger partial charge on any atom is -0.488 e. The standard InChI is InChI=1S/C28H34N4O4/c1-5-21-19(16-22(33)18-11-7-6-8-12-18)15-20-24(36-17(2)3)23(32(4)25(20)30-21)26(34)31-28(27(29)35)13-9-10-14-28/h6-8,11-12,15,17H,5,9-10,13-14,16H2,1-4H3,(H2,29,35)(H,31,34). The van der Waals surface area contributed by atoms with Crippen molar-refractivity contribution in [1.82, 2.24) is 14.9 Å². The maximum absolute atomic E-state index is 13.6. The fourth-order valence-corrected chi connectivity index (χ4v) is 5.05. The molecule has 0 radical (unpaired) electrons. The Morgan fingerprint density at radius 1 is 1.17 bits per heavy atom. The Labute approximate surface area is 211 Å². The van der Waals surface area contributed by atoms with E-state index in [1.54, 1.807) is 23.7 Å². The monoisotopic (exact) mass is 490 g/mol. The van der Waals surface area contributed by atoms with Crippen molar-refractivity contribution in [2.75, 3.05) is 0 Å². The molecule has 3 N–H and O–H groups in total. The summed E-state index contributed by atoms with van der Waals surface area (Å²) in [4.78, 5) is 43.7. The van der Waals surface area contributed by atoms with E-state index in [1.165, 1.54) is 0 Å². The molecule has 1 aliphatic carbocycles. The number of primary amides is 1. The third-order valence-electron chi connectivity index (χ3n) is 6.92. The Balaban J connectivity index is 1.81. The summed E-state index contributed by atoms with van der Waals surface area (Å²) >= 11 is 0. The number of amides is 2. The van der Waals surface area contributed by atoms with Crippen molar-refractivity contribution in [3.8, 4) is 5.75 Å². The lowest BCUT2D eigenvalue weighted by atomic mass is 9.96. The van der Waals surface area contributed by atoms with Crippen molar-refractivity contribution < 1.29 is 19.1 Å². The lowest BCUT2D eigenvalue weighted by Gasteiger charge is -2.27. The number of nitrogens with one attached hydrogen (secondary N) is 1. The summed E-state index contributed by atoms with van der Waals surface area (Å²) in [5, 5.41) is 3.58. The number of Topliss-reactive ketones (excluding diaryl/α,β-unsaturated/α-hetero) is 1. The minimum atomic E-state index is -1.06. The van der Waals surface area contributed by atoms with Gasteiger partial charge in [0.15, 0.2) is 17.2 Å². The summed E-state index contributed by atoms with van der Waals surface area (Å²) in [7, 11) is 1.76. The molecule has 1 saturated carbocycles. The normalized spacial score (nSPS) is 14.8. The van der Waals surface area contributed by atoms with Crippen LogP contribution in [0.3, 0.4) is 0 Å². The molecule has 8 heteroatoms. The molecule has 2 amide bonds. The number of aromatic nitrogens is 2. The third-order valence-corrected chi connectivity index (χ3v) is 6.92. The number of nitrogens with zero attached hydrogens (tertiary/aromatic N) is 2. The number of rotatable bonds is 9. The van der Waals surface area contributed by atoms with Crippen molar-refractivity contribution in [1.29, 1.82) is 0 Å². The van der Waals surface area contributed by atoms with Crippen LogP contribution in [0.1, 0.15) is 78.6 Å². The molecule has 2 aromatic heterocycles. The first-order valence-electron chi connectivity index (χ1n) is 12.6. The van der Waals surface area contributed by atoms with Crippen LogP contribution in [0.15, 0.2) is 36.4 Å². The Kier molecular flexibility index (Phi) is 7.15. The van der Waals surface area contributed by atoms with E-state index < -0.39 is 17.4 Å². The van der Waals surface area contributed by atoms with Crippen LogP contribution in [0.25, 0.3) is 11.0 Å². The van der Waals surface area contributed by atoms with Crippen molar-refractivity contribution in [3.05, 3.63) is 58.9 Å². The number of carbonyl (C=O) groups excluding carboxylic acids is 3. The Hall–Kier alpha value is -3.68. The number of pyridine rings is 1. The molecule has 0 spiro atoms. The third kappa shape index (κ3) is 4.72. The molecule has 0 unspecified atom stereocenters. The predicted octanol–water partition coefficient (Wildman–Crippen LogP) is 3.88. The van der Waals surface area contributed by atoms with E-state index in [0.717, 1.165) is 24.1 Å². The van der Waals surface area contributed by atoms with Gasteiger partial charge < -0.3 is 20.4 Å². The van der Waals surface area contributed by atoms with Gasteiger partial charge in [0.2, 0.25) is 5.91 Å². The number of benzene rings is 1. The van der Waals surface area contributed by atoms with E-state index in [0.29, 0.717) is 41.6 Å². The Bertz CT molecular complexity index is 1300. The number of nitrogens with two attached hydrogens (primary N) is 1. The molecular weight excluding hydrogens is 456 g/mol. The topological polar surface area (TPSA) is 116 Å². The van der Waals surface area contributed by atoms with E-state index in [9.17, 15) is 14.4 Å². The highest BCUT2D eigenvalue weighted by Crippen LogP contribution is 2.36. The molecule has 1 fully saturated rings. The average Bonchev–Trinajstić information content (AvgIpc) is 3.42. The summed E-state index contributed by atoms with van der Waals surface area (Å²) in [6, 6.07) is 11.1. The molecule has 3 aromatic rings. The van der Waals surface area contributed by atoms with Crippen molar-refractivity contribution in [2.45, 2.75) is 70.9 Å². The van der Waals surface area contributed by atoms with Gasteiger partial charge in [-0.25, -0.2) is 4.98 Å². The number of ether oxygens (including phenoxy) is 1. The zero-order chi connectivity index (χ0) is 26.0. The maximum Gasteiger partial charge on any atom is 0.272 e. The van der Waals surface area contributed by atoms with Crippen LogP contribution in [-0.2, 0) is 24.7 Å². The molecule has 4 rings (SSSR count). The van der Waals surface area contributed by atoms with E-state index in [4.69, 9.17) is 15.5 Å². The minimum absolute atomic E-state index is 0.00342. The molecule has 36 heavy (non-hydrogen) atoms. The molecule has 0 atom stereocenters. The second-order valence-electron chi connectivity index (χ2n) is 9.80. The van der Waals surface area contributed by atoms with Gasteiger partial charge in [-0.2, -0.15) is 0 Å². The molecule has 8 nitrogen and oxygen atoms in total. The van der Waals surface area contributed by atoms with Crippen LogP contribution in [-0.4, -0.2) is 38.8 Å². The number of fused-ring (bicyclic) bond motifs is 1. The highest BCUT2D eigenvalue weighted by molar-refractivity contribution is 6.06. The SMILES string of the molecule is CCc1nc2c(cc1CC(=O)c1ccccc1)c(OC(C)C)c(C(=O)NC1(C(N)=O)CCCC1)n2C. The second-order valence-corrected chi connectivity index (χ2v) is 9.80. The van der Waals surface area contributed by atoms with E-state index in [2.05, 4.69) is 5.32 Å². The van der Waals surface area contributed by atoms with Gasteiger partial charge in [0.25, 0.3) is 5.91 Å². The van der Waals surface area contributed by atoms with Crippen LogP contribution in [0.5, 0.6) is 5.75 Å². The van der Waals surface area contributed by atoms with Gasteiger partial charge >= 0.3 is 0 Å². The first-order chi connectivity index (χ1) is 17.2. The Morgan fingerprint density at radius 3 is 2.42 bits per heavy atom. The number of aryl methyl sites for hydroxylation is 2. The first-order valence-corrected chi connectivity index (χ1v) is 12.6. The summed E-state index contributed by atoms with van der Waals surface area (Å²) in [5.74, 6) is -0.559. The van der Waals surface area contributed by atoms with Gasteiger partial charge in [0.1, 0.15) is 11.2 Å². The number of hydrogen-bond donors (Lipinski definition) is 2.